The van der Waals surface area contributed by atoms with Crippen LogP contribution < -0.4 is 4.90 Å². The molecule has 2 aromatic rings. The standard InChI is InChI=1S/C14H10N2O2/c1-9-7-11-12(15-8-9)14(18)16(13(11)17)10-5-3-2-4-6-10/h2-8H,1H3. The maximum atomic E-state index is 12.2. The predicted octanol–water partition coefficient (Wildman–Crippen LogP) is 2.19. The predicted molar refractivity (Wildman–Crippen MR) is 66.6 cm³/mol. The van der Waals surface area contributed by atoms with Crippen molar-refractivity contribution in [1.29, 1.82) is 0 Å². The number of benzene rings is 1. The van der Waals surface area contributed by atoms with Gasteiger partial charge in [0, 0.05) is 6.20 Å². The number of aromatic nitrogens is 1. The summed E-state index contributed by atoms with van der Waals surface area (Å²) in [4.78, 5) is 29.6. The molecule has 18 heavy (non-hydrogen) atoms. The zero-order valence-corrected chi connectivity index (χ0v) is 9.75. The van der Waals surface area contributed by atoms with Gasteiger partial charge in [0.15, 0.2) is 0 Å². The summed E-state index contributed by atoms with van der Waals surface area (Å²) in [6.07, 6.45) is 1.60. The fourth-order valence-electron chi connectivity index (χ4n) is 2.03. The van der Waals surface area contributed by atoms with Crippen molar-refractivity contribution >= 4 is 17.5 Å². The molecule has 0 bridgehead atoms. The molecule has 1 aliphatic heterocycles. The molecule has 0 saturated heterocycles. The van der Waals surface area contributed by atoms with Crippen molar-refractivity contribution in [2.45, 2.75) is 6.92 Å². The van der Waals surface area contributed by atoms with Crippen molar-refractivity contribution in [3.63, 3.8) is 0 Å². The molecule has 0 saturated carbocycles. The number of carbonyl (C=O) groups is 2. The van der Waals surface area contributed by atoms with Crippen molar-refractivity contribution in [3.8, 4) is 0 Å². The maximum Gasteiger partial charge on any atom is 0.284 e. The fourth-order valence-corrected chi connectivity index (χ4v) is 2.03. The Kier molecular flexibility index (Phi) is 2.23. The number of pyridine rings is 1. The number of carbonyl (C=O) groups excluding carboxylic acids is 2. The van der Waals surface area contributed by atoms with Crippen LogP contribution in [-0.4, -0.2) is 16.8 Å². The van der Waals surface area contributed by atoms with Gasteiger partial charge in [-0.15, -0.1) is 0 Å². The molecule has 4 heteroatoms. The average molecular weight is 238 g/mol. The number of hydrogen-bond acceptors (Lipinski definition) is 3. The normalized spacial score (nSPS) is 13.9. The van der Waals surface area contributed by atoms with E-state index in [9.17, 15) is 9.59 Å². The van der Waals surface area contributed by atoms with E-state index < -0.39 is 0 Å². The van der Waals surface area contributed by atoms with E-state index >= 15 is 0 Å². The summed E-state index contributed by atoms with van der Waals surface area (Å²) >= 11 is 0. The van der Waals surface area contributed by atoms with Gasteiger partial charge in [-0.25, -0.2) is 9.88 Å². The van der Waals surface area contributed by atoms with E-state index in [2.05, 4.69) is 4.98 Å². The van der Waals surface area contributed by atoms with Gasteiger partial charge in [0.1, 0.15) is 5.69 Å². The molecule has 0 N–H and O–H groups in total. The molecule has 3 rings (SSSR count). The Morgan fingerprint density at radius 2 is 1.78 bits per heavy atom. The summed E-state index contributed by atoms with van der Waals surface area (Å²) in [5.41, 5.74) is 2.05. The first kappa shape index (κ1) is 10.7. The molecule has 2 heterocycles. The van der Waals surface area contributed by atoms with E-state index in [0.29, 0.717) is 11.3 Å². The molecule has 0 unspecified atom stereocenters. The lowest BCUT2D eigenvalue weighted by molar-refractivity contribution is 0.0924. The van der Waals surface area contributed by atoms with Gasteiger partial charge in [-0.3, -0.25) is 9.59 Å². The summed E-state index contributed by atoms with van der Waals surface area (Å²) in [7, 11) is 0. The van der Waals surface area contributed by atoms with E-state index in [1.165, 1.54) is 0 Å². The van der Waals surface area contributed by atoms with E-state index in [0.717, 1.165) is 10.5 Å². The average Bonchev–Trinajstić information content (AvgIpc) is 2.63. The number of amides is 2. The van der Waals surface area contributed by atoms with E-state index in [1.54, 1.807) is 36.5 Å². The Bertz CT molecular complexity index is 650. The van der Waals surface area contributed by atoms with Crippen molar-refractivity contribution in [3.05, 3.63) is 59.4 Å². The number of anilines is 1. The minimum atomic E-state index is -0.360. The molecular weight excluding hydrogens is 228 g/mol. The van der Waals surface area contributed by atoms with Crippen LogP contribution in [0.2, 0.25) is 0 Å². The molecule has 1 aromatic carbocycles. The molecule has 0 fully saturated rings. The second-order valence-electron chi connectivity index (χ2n) is 4.19. The summed E-state index contributed by atoms with van der Waals surface area (Å²) in [6, 6.07) is 10.6. The van der Waals surface area contributed by atoms with E-state index in [-0.39, 0.29) is 17.5 Å². The second kappa shape index (κ2) is 3.77. The van der Waals surface area contributed by atoms with Gasteiger partial charge >= 0.3 is 0 Å². The van der Waals surface area contributed by atoms with Gasteiger partial charge in [0.2, 0.25) is 0 Å². The van der Waals surface area contributed by atoms with Crippen molar-refractivity contribution < 1.29 is 9.59 Å². The highest BCUT2D eigenvalue weighted by Gasteiger charge is 2.37. The summed E-state index contributed by atoms with van der Waals surface area (Å²) in [5, 5.41) is 0. The molecule has 0 radical (unpaired) electrons. The third-order valence-corrected chi connectivity index (χ3v) is 2.88. The van der Waals surface area contributed by atoms with Crippen LogP contribution in [0.1, 0.15) is 26.4 Å². The number of imide groups is 1. The Morgan fingerprint density at radius 3 is 2.50 bits per heavy atom. The van der Waals surface area contributed by atoms with Gasteiger partial charge in [-0.05, 0) is 30.7 Å². The zero-order valence-electron chi connectivity index (χ0n) is 9.75. The molecule has 88 valence electrons. The highest BCUT2D eigenvalue weighted by Crippen LogP contribution is 2.27. The van der Waals surface area contributed by atoms with Crippen molar-refractivity contribution in [1.82, 2.24) is 4.98 Å². The van der Waals surface area contributed by atoms with Crippen molar-refractivity contribution in [2.24, 2.45) is 0 Å². The number of para-hydroxylation sites is 1. The molecule has 1 aromatic heterocycles. The topological polar surface area (TPSA) is 50.3 Å². The minimum Gasteiger partial charge on any atom is -0.268 e. The lowest BCUT2D eigenvalue weighted by Crippen LogP contribution is -2.29. The Hall–Kier alpha value is -2.49. The van der Waals surface area contributed by atoms with Gasteiger partial charge in [-0.1, -0.05) is 18.2 Å². The van der Waals surface area contributed by atoms with Crippen LogP contribution in [0.3, 0.4) is 0 Å². The van der Waals surface area contributed by atoms with Crippen LogP contribution in [0.25, 0.3) is 0 Å². The molecule has 1 aliphatic rings. The number of hydrogen-bond donors (Lipinski definition) is 0. The molecule has 2 amide bonds. The largest absolute Gasteiger partial charge is 0.284 e. The molecule has 4 nitrogen and oxygen atoms in total. The van der Waals surface area contributed by atoms with E-state index in [4.69, 9.17) is 0 Å². The minimum absolute atomic E-state index is 0.231. The smallest absolute Gasteiger partial charge is 0.268 e. The highest BCUT2D eigenvalue weighted by molar-refractivity contribution is 6.33. The van der Waals surface area contributed by atoms with Gasteiger partial charge in [-0.2, -0.15) is 0 Å². The third kappa shape index (κ3) is 1.43. The fraction of sp³-hybridized carbons (Fsp3) is 0.0714. The van der Waals surface area contributed by atoms with Crippen LogP contribution in [0.4, 0.5) is 5.69 Å². The zero-order chi connectivity index (χ0) is 12.7. The number of fused-ring (bicyclic) bond motifs is 1. The number of aryl methyl sites for hydroxylation is 1. The highest BCUT2D eigenvalue weighted by atomic mass is 16.2. The van der Waals surface area contributed by atoms with Gasteiger partial charge in [0.25, 0.3) is 11.8 Å². The van der Waals surface area contributed by atoms with Gasteiger partial charge in [0.05, 0.1) is 11.3 Å². The summed E-state index contributed by atoms with van der Waals surface area (Å²) in [5.74, 6) is -0.668. The van der Waals surface area contributed by atoms with E-state index in [1.807, 2.05) is 13.0 Å². The SMILES string of the molecule is Cc1cnc2c(c1)C(=O)N(c1ccccc1)C2=O. The van der Waals surface area contributed by atoms with Crippen LogP contribution in [0.15, 0.2) is 42.6 Å². The lowest BCUT2D eigenvalue weighted by atomic mass is 10.2. The number of nitrogens with zero attached hydrogens (tertiary/aromatic N) is 2. The molecule has 0 aliphatic carbocycles. The first-order valence-corrected chi connectivity index (χ1v) is 5.59. The molecule has 0 atom stereocenters. The Labute approximate surface area is 104 Å². The molecular formula is C14H10N2O2. The monoisotopic (exact) mass is 238 g/mol. The number of rotatable bonds is 1. The van der Waals surface area contributed by atoms with Crippen LogP contribution in [0, 0.1) is 6.92 Å². The van der Waals surface area contributed by atoms with Crippen LogP contribution in [0.5, 0.6) is 0 Å². The van der Waals surface area contributed by atoms with Gasteiger partial charge < -0.3 is 0 Å². The Balaban J connectivity index is 2.13. The first-order chi connectivity index (χ1) is 8.68. The lowest BCUT2D eigenvalue weighted by Gasteiger charge is -2.12. The van der Waals surface area contributed by atoms with Crippen molar-refractivity contribution in [2.75, 3.05) is 4.90 Å². The molecule has 0 spiro atoms. The third-order valence-electron chi connectivity index (χ3n) is 2.88. The second-order valence-corrected chi connectivity index (χ2v) is 4.19. The maximum absolute atomic E-state index is 12.2. The Morgan fingerprint density at radius 1 is 1.06 bits per heavy atom. The first-order valence-electron chi connectivity index (χ1n) is 5.59. The van der Waals surface area contributed by atoms with Crippen LogP contribution in [-0.2, 0) is 0 Å². The van der Waals surface area contributed by atoms with Crippen LogP contribution >= 0.6 is 0 Å². The summed E-state index contributed by atoms with van der Waals surface area (Å²) < 4.78 is 0. The quantitative estimate of drug-likeness (QED) is 0.715. The summed E-state index contributed by atoms with van der Waals surface area (Å²) in [6.45, 7) is 1.84.